The molecule has 228 valence electrons. The number of hydrogen-bond donors (Lipinski definition) is 3. The molecule has 3 heterocycles. The number of carbonyl (C=O) groups is 2. The standard InChI is InChI=1S/C32H25FN4O7S/c1-34-31(40)28-24-16-23(19-4-2-5-20(14-19)32-36-30-25(44-32)6-3-12-35-30)21(17-37(45(41)42)13-11-27(38)39)15-26(24)43-29(28)18-7-9-22(33)10-8-18/h2-10,12,14-16H,11,13,17H2,1H3,(H,34,40)(H,38,39)(H,41,42). The Morgan fingerprint density at radius 3 is 2.47 bits per heavy atom. The van der Waals surface area contributed by atoms with Gasteiger partial charge in [-0.25, -0.2) is 13.6 Å². The fourth-order valence-electron chi connectivity index (χ4n) is 5.07. The minimum atomic E-state index is -2.49. The van der Waals surface area contributed by atoms with Gasteiger partial charge in [-0.3, -0.25) is 14.1 Å². The normalized spacial score (nSPS) is 12.2. The zero-order valence-electron chi connectivity index (χ0n) is 23.7. The number of furan rings is 1. The molecule has 13 heteroatoms. The number of nitrogens with zero attached hydrogens (tertiary/aromatic N) is 3. The number of nitrogens with one attached hydrogen (secondary N) is 1. The molecule has 0 spiro atoms. The van der Waals surface area contributed by atoms with Crippen LogP contribution < -0.4 is 5.32 Å². The summed E-state index contributed by atoms with van der Waals surface area (Å²) >= 11 is -2.49. The zero-order chi connectivity index (χ0) is 31.7. The van der Waals surface area contributed by atoms with Crippen LogP contribution in [0.15, 0.2) is 87.8 Å². The number of amides is 1. The number of benzene rings is 3. The monoisotopic (exact) mass is 628 g/mol. The van der Waals surface area contributed by atoms with Crippen molar-refractivity contribution in [1.82, 2.24) is 19.6 Å². The van der Waals surface area contributed by atoms with Gasteiger partial charge in [0.25, 0.3) is 5.91 Å². The summed E-state index contributed by atoms with van der Waals surface area (Å²) in [5.41, 5.74) is 4.36. The van der Waals surface area contributed by atoms with Crippen molar-refractivity contribution in [2.24, 2.45) is 0 Å². The fourth-order valence-corrected chi connectivity index (χ4v) is 5.57. The molecule has 0 bridgehead atoms. The predicted octanol–water partition coefficient (Wildman–Crippen LogP) is 5.88. The van der Waals surface area contributed by atoms with Gasteiger partial charge < -0.3 is 19.3 Å². The first-order valence-corrected chi connectivity index (χ1v) is 14.8. The van der Waals surface area contributed by atoms with Gasteiger partial charge in [0, 0.05) is 42.8 Å². The van der Waals surface area contributed by atoms with E-state index in [1.807, 2.05) is 18.2 Å². The van der Waals surface area contributed by atoms with Crippen molar-refractivity contribution in [1.29, 1.82) is 0 Å². The number of oxazole rings is 1. The third kappa shape index (κ3) is 6.09. The number of aliphatic carboxylic acids is 1. The van der Waals surface area contributed by atoms with Gasteiger partial charge in [-0.15, -0.1) is 0 Å². The second-order valence-corrected chi connectivity index (χ2v) is 11.0. The van der Waals surface area contributed by atoms with E-state index in [4.69, 9.17) is 8.83 Å². The van der Waals surface area contributed by atoms with Crippen molar-refractivity contribution in [3.8, 4) is 33.9 Å². The van der Waals surface area contributed by atoms with Crippen LogP contribution in [0.4, 0.5) is 4.39 Å². The van der Waals surface area contributed by atoms with Crippen LogP contribution in [0.25, 0.3) is 56.1 Å². The Labute approximate surface area is 257 Å². The number of rotatable bonds is 10. The Kier molecular flexibility index (Phi) is 8.22. The molecule has 3 aromatic carbocycles. The lowest BCUT2D eigenvalue weighted by atomic mass is 9.94. The lowest BCUT2D eigenvalue weighted by Gasteiger charge is -2.19. The van der Waals surface area contributed by atoms with Crippen LogP contribution in [0.2, 0.25) is 0 Å². The summed E-state index contributed by atoms with van der Waals surface area (Å²) in [5.74, 6) is -1.45. The van der Waals surface area contributed by atoms with Crippen LogP contribution in [0.1, 0.15) is 22.3 Å². The van der Waals surface area contributed by atoms with E-state index in [-0.39, 0.29) is 30.8 Å². The minimum Gasteiger partial charge on any atom is -0.481 e. The third-order valence-electron chi connectivity index (χ3n) is 7.20. The van der Waals surface area contributed by atoms with Gasteiger partial charge in [-0.05, 0) is 77.4 Å². The molecular weight excluding hydrogens is 603 g/mol. The van der Waals surface area contributed by atoms with Crippen molar-refractivity contribution in [3.63, 3.8) is 0 Å². The van der Waals surface area contributed by atoms with Gasteiger partial charge in [-0.1, -0.05) is 12.1 Å². The highest BCUT2D eigenvalue weighted by molar-refractivity contribution is 7.76. The highest BCUT2D eigenvalue weighted by atomic mass is 32.2. The Balaban J connectivity index is 1.55. The minimum absolute atomic E-state index is 0.124. The Hall–Kier alpha value is -5.24. The van der Waals surface area contributed by atoms with E-state index in [1.165, 1.54) is 31.3 Å². The van der Waals surface area contributed by atoms with Crippen LogP contribution in [-0.4, -0.2) is 53.6 Å². The first-order chi connectivity index (χ1) is 21.7. The molecule has 6 aromatic rings. The molecular formula is C32H25FN4O7S. The SMILES string of the molecule is CNC(=O)c1c(-c2ccc(F)cc2)oc2cc(CN(CCC(=O)O)S(=O)O)c(-c3cccc(-c4nc5ncccc5o4)c3)cc12. The average molecular weight is 629 g/mol. The highest BCUT2D eigenvalue weighted by Gasteiger charge is 2.25. The van der Waals surface area contributed by atoms with E-state index in [2.05, 4.69) is 15.3 Å². The van der Waals surface area contributed by atoms with E-state index in [0.717, 1.165) is 4.31 Å². The molecule has 0 aliphatic carbocycles. The summed E-state index contributed by atoms with van der Waals surface area (Å²) in [6.07, 6.45) is 1.25. The summed E-state index contributed by atoms with van der Waals surface area (Å²) in [6.45, 7) is -0.324. The van der Waals surface area contributed by atoms with Crippen LogP contribution in [-0.2, 0) is 22.6 Å². The van der Waals surface area contributed by atoms with Crippen molar-refractivity contribution in [2.45, 2.75) is 13.0 Å². The van der Waals surface area contributed by atoms with Crippen molar-refractivity contribution < 1.29 is 36.7 Å². The van der Waals surface area contributed by atoms with Gasteiger partial charge in [0.15, 0.2) is 11.2 Å². The fraction of sp³-hybridized carbons (Fsp3) is 0.125. The number of hydrogen-bond acceptors (Lipinski definition) is 7. The molecule has 11 nitrogen and oxygen atoms in total. The highest BCUT2D eigenvalue weighted by Crippen LogP contribution is 2.39. The van der Waals surface area contributed by atoms with Gasteiger partial charge in [0.1, 0.15) is 17.2 Å². The molecule has 0 aliphatic rings. The molecule has 1 amide bonds. The number of aromatic nitrogens is 2. The van der Waals surface area contributed by atoms with Crippen LogP contribution in [0.5, 0.6) is 0 Å². The van der Waals surface area contributed by atoms with Crippen molar-refractivity contribution >= 4 is 45.3 Å². The first-order valence-electron chi connectivity index (χ1n) is 13.7. The molecule has 3 aromatic heterocycles. The lowest BCUT2D eigenvalue weighted by Crippen LogP contribution is -2.28. The maximum absolute atomic E-state index is 13.7. The molecule has 1 atom stereocenters. The van der Waals surface area contributed by atoms with Crippen LogP contribution in [0, 0.1) is 5.82 Å². The van der Waals surface area contributed by atoms with E-state index in [9.17, 15) is 27.8 Å². The van der Waals surface area contributed by atoms with E-state index >= 15 is 0 Å². The van der Waals surface area contributed by atoms with Crippen LogP contribution >= 0.6 is 0 Å². The molecule has 6 rings (SSSR count). The Morgan fingerprint density at radius 2 is 1.76 bits per heavy atom. The second kappa shape index (κ2) is 12.4. The summed E-state index contributed by atoms with van der Waals surface area (Å²) in [4.78, 5) is 33.2. The van der Waals surface area contributed by atoms with Crippen molar-refractivity contribution in [2.75, 3.05) is 13.6 Å². The van der Waals surface area contributed by atoms with Gasteiger partial charge in [0.05, 0.1) is 12.0 Å². The summed E-state index contributed by atoms with van der Waals surface area (Å²) in [6, 6.07) is 19.7. The van der Waals surface area contributed by atoms with E-state index < -0.39 is 29.0 Å². The largest absolute Gasteiger partial charge is 0.481 e. The average Bonchev–Trinajstić information content (AvgIpc) is 3.64. The molecule has 0 aliphatic heterocycles. The molecule has 0 saturated heterocycles. The number of carboxylic acids is 1. The zero-order valence-corrected chi connectivity index (χ0v) is 24.5. The molecule has 0 radical (unpaired) electrons. The van der Waals surface area contributed by atoms with E-state index in [1.54, 1.807) is 36.5 Å². The van der Waals surface area contributed by atoms with E-state index in [0.29, 0.717) is 55.9 Å². The summed E-state index contributed by atoms with van der Waals surface area (Å²) in [7, 11) is 1.49. The quantitative estimate of drug-likeness (QED) is 0.157. The summed E-state index contributed by atoms with van der Waals surface area (Å²) < 4.78 is 49.2. The molecule has 3 N–H and O–H groups in total. The predicted molar refractivity (Wildman–Crippen MR) is 165 cm³/mol. The number of halogens is 1. The molecule has 1 unspecified atom stereocenters. The lowest BCUT2D eigenvalue weighted by molar-refractivity contribution is -0.137. The number of fused-ring (bicyclic) bond motifs is 2. The number of carbonyl (C=O) groups excluding carboxylic acids is 1. The van der Waals surface area contributed by atoms with Crippen LogP contribution in [0.3, 0.4) is 0 Å². The molecule has 45 heavy (non-hydrogen) atoms. The van der Waals surface area contributed by atoms with Gasteiger partial charge >= 0.3 is 5.97 Å². The molecule has 0 saturated carbocycles. The van der Waals surface area contributed by atoms with Crippen molar-refractivity contribution in [3.05, 3.63) is 95.9 Å². The first kappa shape index (κ1) is 29.8. The Bertz CT molecular complexity index is 2060. The Morgan fingerprint density at radius 1 is 0.978 bits per heavy atom. The van der Waals surface area contributed by atoms with Gasteiger partial charge in [-0.2, -0.15) is 9.29 Å². The maximum Gasteiger partial charge on any atom is 0.304 e. The summed E-state index contributed by atoms with van der Waals surface area (Å²) in [5, 5.41) is 12.3. The third-order valence-corrected chi connectivity index (χ3v) is 7.96. The second-order valence-electron chi connectivity index (χ2n) is 10.1. The van der Waals surface area contributed by atoms with Gasteiger partial charge in [0.2, 0.25) is 17.2 Å². The molecule has 0 fully saturated rings. The number of pyridine rings is 1. The smallest absolute Gasteiger partial charge is 0.304 e. The number of carboxylic acid groups (broad SMARTS) is 1. The topological polar surface area (TPSA) is 159 Å². The maximum atomic E-state index is 13.7.